The zero-order valence-electron chi connectivity index (χ0n) is 13.3. The minimum Gasteiger partial charge on any atom is -0.480 e. The van der Waals surface area contributed by atoms with E-state index in [1.165, 1.54) is 6.42 Å². The molecule has 5 aliphatic carbocycles. The Morgan fingerprint density at radius 3 is 1.91 bits per heavy atom. The third kappa shape index (κ3) is 1.88. The summed E-state index contributed by atoms with van der Waals surface area (Å²) in [5.74, 6) is 1.08. The van der Waals surface area contributed by atoms with Gasteiger partial charge in [0, 0.05) is 0 Å². The number of carbonyl (C=O) groups excluding carboxylic acids is 1. The molecule has 0 saturated heterocycles. The van der Waals surface area contributed by atoms with Crippen LogP contribution in [0.2, 0.25) is 0 Å². The van der Waals surface area contributed by atoms with E-state index in [9.17, 15) is 14.7 Å². The number of rotatable bonds is 3. The smallest absolute Gasteiger partial charge is 0.324 e. The number of carbonyl (C=O) groups is 2. The van der Waals surface area contributed by atoms with Crippen LogP contribution in [0.3, 0.4) is 0 Å². The molecule has 0 aromatic rings. The molecule has 4 bridgehead atoms. The molecule has 5 saturated carbocycles. The molecule has 1 N–H and O–H groups in total. The number of ether oxygens (including phenoxy) is 1. The molecule has 5 rings (SSSR count). The van der Waals surface area contributed by atoms with Crippen molar-refractivity contribution in [2.45, 2.75) is 70.3 Å². The number of hydrogen-bond donors (Lipinski definition) is 1. The van der Waals surface area contributed by atoms with Crippen molar-refractivity contribution in [1.82, 2.24) is 0 Å². The van der Waals surface area contributed by atoms with Crippen LogP contribution in [0.15, 0.2) is 0 Å². The van der Waals surface area contributed by atoms with Crippen LogP contribution in [0.5, 0.6) is 0 Å². The van der Waals surface area contributed by atoms with Crippen LogP contribution in [0, 0.1) is 29.1 Å². The molecule has 22 heavy (non-hydrogen) atoms. The summed E-state index contributed by atoms with van der Waals surface area (Å²) in [7, 11) is 0. The Morgan fingerprint density at radius 1 is 0.955 bits per heavy atom. The van der Waals surface area contributed by atoms with Gasteiger partial charge in [-0.05, 0) is 75.5 Å². The number of carboxylic acids is 1. The van der Waals surface area contributed by atoms with Gasteiger partial charge in [-0.1, -0.05) is 12.8 Å². The maximum Gasteiger partial charge on any atom is 0.324 e. The molecule has 0 aromatic heterocycles. The van der Waals surface area contributed by atoms with E-state index in [0.717, 1.165) is 50.4 Å². The van der Waals surface area contributed by atoms with E-state index >= 15 is 0 Å². The SMILES string of the molecule is CC1(OC(=O)C2(C(=O)O)CCCC2)C2CC3CC(C2)CC1C3. The van der Waals surface area contributed by atoms with Crippen molar-refractivity contribution in [2.75, 3.05) is 0 Å². The summed E-state index contributed by atoms with van der Waals surface area (Å²) < 4.78 is 6.04. The zero-order chi connectivity index (χ0) is 15.5. The predicted octanol–water partition coefficient (Wildman–Crippen LogP) is 3.39. The molecule has 0 radical (unpaired) electrons. The number of hydrogen-bond acceptors (Lipinski definition) is 3. The lowest BCUT2D eigenvalue weighted by Crippen LogP contribution is -2.59. The molecule has 0 unspecified atom stereocenters. The highest BCUT2D eigenvalue weighted by Crippen LogP contribution is 2.60. The Kier molecular flexibility index (Phi) is 3.11. The lowest BCUT2D eigenvalue weighted by molar-refractivity contribution is -0.214. The van der Waals surface area contributed by atoms with Gasteiger partial charge in [-0.2, -0.15) is 0 Å². The predicted molar refractivity (Wildman–Crippen MR) is 80.1 cm³/mol. The van der Waals surface area contributed by atoms with Gasteiger partial charge < -0.3 is 9.84 Å². The van der Waals surface area contributed by atoms with Crippen LogP contribution >= 0.6 is 0 Å². The molecule has 122 valence electrons. The molecule has 0 aromatic carbocycles. The summed E-state index contributed by atoms with van der Waals surface area (Å²) in [5, 5.41) is 9.60. The fraction of sp³-hybridized carbons (Fsp3) is 0.889. The number of carboxylic acid groups (broad SMARTS) is 1. The summed E-state index contributed by atoms with van der Waals surface area (Å²) in [6, 6.07) is 0. The average Bonchev–Trinajstić information content (AvgIpc) is 2.95. The van der Waals surface area contributed by atoms with Crippen molar-refractivity contribution < 1.29 is 19.4 Å². The van der Waals surface area contributed by atoms with Crippen LogP contribution in [-0.4, -0.2) is 22.6 Å². The highest BCUT2D eigenvalue weighted by molar-refractivity contribution is 5.99. The van der Waals surface area contributed by atoms with Crippen LogP contribution in [-0.2, 0) is 14.3 Å². The zero-order valence-corrected chi connectivity index (χ0v) is 13.3. The summed E-state index contributed by atoms with van der Waals surface area (Å²) in [6.07, 6.45) is 8.53. The molecule has 4 heteroatoms. The van der Waals surface area contributed by atoms with E-state index in [1.807, 2.05) is 0 Å². The lowest BCUT2D eigenvalue weighted by atomic mass is 9.50. The Morgan fingerprint density at radius 2 is 1.45 bits per heavy atom. The molecule has 5 fully saturated rings. The van der Waals surface area contributed by atoms with Crippen LogP contribution in [0.4, 0.5) is 0 Å². The molecular formula is C18H26O4. The monoisotopic (exact) mass is 306 g/mol. The van der Waals surface area contributed by atoms with Crippen molar-refractivity contribution >= 4 is 11.9 Å². The molecule has 0 aliphatic heterocycles. The van der Waals surface area contributed by atoms with Crippen LogP contribution < -0.4 is 0 Å². The fourth-order valence-electron chi connectivity index (χ4n) is 6.07. The highest BCUT2D eigenvalue weighted by Gasteiger charge is 2.59. The quantitative estimate of drug-likeness (QED) is 0.641. The summed E-state index contributed by atoms with van der Waals surface area (Å²) >= 11 is 0. The average molecular weight is 306 g/mol. The fourth-order valence-corrected chi connectivity index (χ4v) is 6.07. The largest absolute Gasteiger partial charge is 0.480 e. The molecule has 4 nitrogen and oxygen atoms in total. The summed E-state index contributed by atoms with van der Waals surface area (Å²) in [5.41, 5.74) is -1.69. The minimum atomic E-state index is -1.27. The summed E-state index contributed by atoms with van der Waals surface area (Å²) in [4.78, 5) is 24.5. The van der Waals surface area contributed by atoms with Gasteiger partial charge in [0.05, 0.1) is 0 Å². The van der Waals surface area contributed by atoms with Gasteiger partial charge in [-0.3, -0.25) is 9.59 Å². The lowest BCUT2D eigenvalue weighted by Gasteiger charge is -2.59. The van der Waals surface area contributed by atoms with Gasteiger partial charge in [-0.25, -0.2) is 0 Å². The standard InChI is InChI=1S/C18H26O4/c1-17(13-7-11-6-12(9-13)10-14(17)8-11)22-16(21)18(15(19)20)4-2-3-5-18/h11-14H,2-10H2,1H3,(H,19,20). The van der Waals surface area contributed by atoms with Crippen molar-refractivity contribution in [3.8, 4) is 0 Å². The summed E-state index contributed by atoms with van der Waals surface area (Å²) in [6.45, 7) is 2.09. The third-order valence-corrected chi connectivity index (χ3v) is 7.33. The first-order valence-corrected chi connectivity index (χ1v) is 8.91. The van der Waals surface area contributed by atoms with Crippen molar-refractivity contribution in [2.24, 2.45) is 29.1 Å². The Hall–Kier alpha value is -1.06. The molecular weight excluding hydrogens is 280 g/mol. The first-order chi connectivity index (χ1) is 10.4. The van der Waals surface area contributed by atoms with Crippen molar-refractivity contribution in [1.29, 1.82) is 0 Å². The van der Waals surface area contributed by atoms with Gasteiger partial charge in [0.25, 0.3) is 0 Å². The normalized spacial score (nSPS) is 45.0. The second kappa shape index (κ2) is 4.72. The Labute approximate surface area is 131 Å². The second-order valence-corrected chi connectivity index (χ2v) is 8.47. The van der Waals surface area contributed by atoms with Crippen molar-refractivity contribution in [3.05, 3.63) is 0 Å². The van der Waals surface area contributed by atoms with E-state index in [-0.39, 0.29) is 0 Å². The molecule has 0 spiro atoms. The Bertz CT molecular complexity index is 475. The van der Waals surface area contributed by atoms with E-state index in [0.29, 0.717) is 24.7 Å². The molecule has 0 atom stereocenters. The first-order valence-electron chi connectivity index (χ1n) is 8.91. The molecule has 0 heterocycles. The van der Waals surface area contributed by atoms with Gasteiger partial charge in [0.1, 0.15) is 5.60 Å². The van der Waals surface area contributed by atoms with E-state index in [2.05, 4.69) is 6.92 Å². The number of esters is 1. The molecule has 0 amide bonds. The van der Waals surface area contributed by atoms with Gasteiger partial charge >= 0.3 is 11.9 Å². The van der Waals surface area contributed by atoms with Crippen LogP contribution in [0.1, 0.15) is 64.7 Å². The first kappa shape index (κ1) is 14.5. The third-order valence-electron chi connectivity index (χ3n) is 7.33. The van der Waals surface area contributed by atoms with Gasteiger partial charge in [0.2, 0.25) is 0 Å². The van der Waals surface area contributed by atoms with E-state index in [1.54, 1.807) is 0 Å². The minimum absolute atomic E-state index is 0.421. The van der Waals surface area contributed by atoms with Gasteiger partial charge in [-0.15, -0.1) is 0 Å². The highest BCUT2D eigenvalue weighted by atomic mass is 16.6. The maximum atomic E-state index is 12.8. The van der Waals surface area contributed by atoms with Crippen LogP contribution in [0.25, 0.3) is 0 Å². The Balaban J connectivity index is 1.57. The topological polar surface area (TPSA) is 63.6 Å². The number of aliphatic carboxylic acids is 1. The van der Waals surface area contributed by atoms with E-state index in [4.69, 9.17) is 4.74 Å². The molecule has 5 aliphatic rings. The van der Waals surface area contributed by atoms with Gasteiger partial charge in [0.15, 0.2) is 5.41 Å². The van der Waals surface area contributed by atoms with E-state index < -0.39 is 23.0 Å². The van der Waals surface area contributed by atoms with Crippen molar-refractivity contribution in [3.63, 3.8) is 0 Å². The maximum absolute atomic E-state index is 12.8. The second-order valence-electron chi connectivity index (χ2n) is 8.47.